The second-order valence-corrected chi connectivity index (χ2v) is 5.24. The fraction of sp³-hybridized carbons (Fsp3) is 0.467. The van der Waals surface area contributed by atoms with Gasteiger partial charge in [0.05, 0.1) is 6.04 Å². The van der Waals surface area contributed by atoms with Crippen LogP contribution < -0.4 is 10.5 Å². The first-order valence-electron chi connectivity index (χ1n) is 7.18. The molecule has 1 aromatic carbocycles. The second kappa shape index (κ2) is 8.69. The summed E-state index contributed by atoms with van der Waals surface area (Å²) in [5, 5.41) is 0. The molecule has 2 N–H and O–H groups in total. The zero-order valence-corrected chi connectivity index (χ0v) is 13.7. The molecule has 1 aliphatic rings. The lowest BCUT2D eigenvalue weighted by molar-refractivity contribution is -0.141. The second-order valence-electron chi connectivity index (χ2n) is 5.24. The average molecular weight is 346 g/mol. The van der Waals surface area contributed by atoms with Crippen molar-refractivity contribution in [2.24, 2.45) is 5.73 Å². The van der Waals surface area contributed by atoms with Gasteiger partial charge in [0.25, 0.3) is 5.91 Å². The highest BCUT2D eigenvalue weighted by Gasteiger charge is 2.25. The molecule has 2 rings (SSSR count). The number of amides is 2. The molecule has 128 valence electrons. The highest BCUT2D eigenvalue weighted by molar-refractivity contribution is 5.85. The van der Waals surface area contributed by atoms with E-state index in [1.807, 2.05) is 0 Å². The lowest BCUT2D eigenvalue weighted by Crippen LogP contribution is -2.54. The number of nitrogens with zero attached hydrogens (tertiary/aromatic N) is 2. The molecule has 8 heteroatoms. The highest BCUT2D eigenvalue weighted by atomic mass is 35.5. The average Bonchev–Trinajstić information content (AvgIpc) is 2.53. The quantitative estimate of drug-likeness (QED) is 0.869. The minimum absolute atomic E-state index is 0. The van der Waals surface area contributed by atoms with Crippen LogP contribution in [0.1, 0.15) is 6.92 Å². The molecule has 1 aromatic rings. The smallest absolute Gasteiger partial charge is 0.260 e. The number of halogens is 2. The van der Waals surface area contributed by atoms with Gasteiger partial charge in [0.15, 0.2) is 6.61 Å². The number of hydrogen-bond acceptors (Lipinski definition) is 4. The van der Waals surface area contributed by atoms with E-state index in [-0.39, 0.29) is 36.6 Å². The molecular formula is C15H21ClFN3O3. The van der Waals surface area contributed by atoms with E-state index in [0.717, 1.165) is 0 Å². The van der Waals surface area contributed by atoms with Gasteiger partial charge in [-0.1, -0.05) is 0 Å². The molecule has 1 aliphatic heterocycles. The van der Waals surface area contributed by atoms with Crippen LogP contribution in [0.3, 0.4) is 0 Å². The number of hydrogen-bond donors (Lipinski definition) is 1. The van der Waals surface area contributed by atoms with E-state index in [4.69, 9.17) is 10.5 Å². The van der Waals surface area contributed by atoms with Gasteiger partial charge in [0.1, 0.15) is 11.6 Å². The molecule has 23 heavy (non-hydrogen) atoms. The predicted octanol–water partition coefficient (Wildman–Crippen LogP) is 0.644. The van der Waals surface area contributed by atoms with Crippen molar-refractivity contribution < 1.29 is 18.7 Å². The van der Waals surface area contributed by atoms with Gasteiger partial charge in [0.2, 0.25) is 5.91 Å². The number of rotatable bonds is 4. The largest absolute Gasteiger partial charge is 0.484 e. The summed E-state index contributed by atoms with van der Waals surface area (Å²) >= 11 is 0. The molecule has 0 radical (unpaired) electrons. The van der Waals surface area contributed by atoms with Crippen molar-refractivity contribution in [1.82, 2.24) is 9.80 Å². The Morgan fingerprint density at radius 2 is 1.70 bits per heavy atom. The summed E-state index contributed by atoms with van der Waals surface area (Å²) in [5.74, 6) is -0.166. The van der Waals surface area contributed by atoms with Crippen molar-refractivity contribution >= 4 is 24.2 Å². The van der Waals surface area contributed by atoms with Crippen LogP contribution in [0.2, 0.25) is 0 Å². The van der Waals surface area contributed by atoms with Crippen molar-refractivity contribution in [2.75, 3.05) is 32.8 Å². The van der Waals surface area contributed by atoms with Crippen LogP contribution >= 0.6 is 12.4 Å². The van der Waals surface area contributed by atoms with Crippen LogP contribution in [0, 0.1) is 5.82 Å². The summed E-state index contributed by atoms with van der Waals surface area (Å²) in [6.07, 6.45) is 0. The van der Waals surface area contributed by atoms with Crippen LogP contribution in [0.4, 0.5) is 4.39 Å². The zero-order valence-electron chi connectivity index (χ0n) is 12.9. The van der Waals surface area contributed by atoms with E-state index in [0.29, 0.717) is 31.9 Å². The topological polar surface area (TPSA) is 75.9 Å². The maximum absolute atomic E-state index is 12.8. The van der Waals surface area contributed by atoms with Gasteiger partial charge < -0.3 is 20.3 Å². The van der Waals surface area contributed by atoms with Gasteiger partial charge in [-0.25, -0.2) is 4.39 Å². The van der Waals surface area contributed by atoms with Crippen LogP contribution in [0.5, 0.6) is 5.75 Å². The third-order valence-corrected chi connectivity index (χ3v) is 3.51. The Labute approximate surface area is 140 Å². The van der Waals surface area contributed by atoms with E-state index in [2.05, 4.69) is 0 Å². The van der Waals surface area contributed by atoms with Crippen molar-refractivity contribution in [2.45, 2.75) is 13.0 Å². The van der Waals surface area contributed by atoms with Crippen molar-refractivity contribution in [1.29, 1.82) is 0 Å². The van der Waals surface area contributed by atoms with E-state index in [1.165, 1.54) is 24.3 Å². The molecular weight excluding hydrogens is 325 g/mol. The Hall–Kier alpha value is -1.86. The normalized spacial score (nSPS) is 15.6. The SMILES string of the molecule is C[C@@H](N)C(=O)N1CCN(C(=O)COc2ccc(F)cc2)CC1.Cl. The van der Waals surface area contributed by atoms with Crippen LogP contribution in [0.15, 0.2) is 24.3 Å². The number of ether oxygens (including phenoxy) is 1. The molecule has 0 bridgehead atoms. The van der Waals surface area contributed by atoms with Crippen LogP contribution in [-0.4, -0.2) is 60.4 Å². The number of nitrogens with two attached hydrogens (primary N) is 1. The van der Waals surface area contributed by atoms with E-state index in [9.17, 15) is 14.0 Å². The third kappa shape index (κ3) is 5.37. The molecule has 0 aromatic heterocycles. The summed E-state index contributed by atoms with van der Waals surface area (Å²) in [6, 6.07) is 4.98. The Bertz CT molecular complexity index is 531. The first kappa shape index (κ1) is 19.2. The highest BCUT2D eigenvalue weighted by Crippen LogP contribution is 2.11. The molecule has 0 unspecified atom stereocenters. The Morgan fingerprint density at radius 3 is 2.22 bits per heavy atom. The maximum atomic E-state index is 12.8. The summed E-state index contributed by atoms with van der Waals surface area (Å²) in [4.78, 5) is 27.1. The van der Waals surface area contributed by atoms with Gasteiger partial charge in [-0.2, -0.15) is 0 Å². The number of benzene rings is 1. The Morgan fingerprint density at radius 1 is 1.17 bits per heavy atom. The maximum Gasteiger partial charge on any atom is 0.260 e. The Kier molecular flexibility index (Phi) is 7.25. The van der Waals surface area contributed by atoms with E-state index < -0.39 is 6.04 Å². The first-order chi connectivity index (χ1) is 10.5. The molecule has 0 aliphatic carbocycles. The monoisotopic (exact) mass is 345 g/mol. The Balaban J connectivity index is 0.00000264. The number of carbonyl (C=O) groups is 2. The fourth-order valence-corrected chi connectivity index (χ4v) is 2.23. The molecule has 0 saturated carbocycles. The van der Waals surface area contributed by atoms with Crippen LogP contribution in [-0.2, 0) is 9.59 Å². The number of piperazine rings is 1. The van der Waals surface area contributed by atoms with Crippen molar-refractivity contribution in [3.8, 4) is 5.75 Å². The predicted molar refractivity (Wildman–Crippen MR) is 86.0 cm³/mol. The minimum atomic E-state index is -0.524. The summed E-state index contributed by atoms with van der Waals surface area (Å²) < 4.78 is 18.1. The van der Waals surface area contributed by atoms with Gasteiger partial charge in [-0.15, -0.1) is 12.4 Å². The molecule has 1 atom stereocenters. The molecule has 1 heterocycles. The van der Waals surface area contributed by atoms with Gasteiger partial charge >= 0.3 is 0 Å². The lowest BCUT2D eigenvalue weighted by Gasteiger charge is -2.35. The fourth-order valence-electron chi connectivity index (χ4n) is 2.23. The summed E-state index contributed by atoms with van der Waals surface area (Å²) in [5.41, 5.74) is 5.57. The standard InChI is InChI=1S/C15H20FN3O3.ClH/c1-11(17)15(21)19-8-6-18(7-9-19)14(20)10-22-13-4-2-12(16)3-5-13;/h2-5,11H,6-10,17H2,1H3;1H/t11-;/m1./s1. The summed E-state index contributed by atoms with van der Waals surface area (Å²) in [7, 11) is 0. The molecule has 1 fully saturated rings. The van der Waals surface area contributed by atoms with E-state index in [1.54, 1.807) is 16.7 Å². The van der Waals surface area contributed by atoms with Gasteiger partial charge in [-0.3, -0.25) is 9.59 Å². The zero-order chi connectivity index (χ0) is 16.1. The van der Waals surface area contributed by atoms with Gasteiger partial charge in [0, 0.05) is 26.2 Å². The van der Waals surface area contributed by atoms with Crippen molar-refractivity contribution in [3.05, 3.63) is 30.1 Å². The van der Waals surface area contributed by atoms with E-state index >= 15 is 0 Å². The molecule has 1 saturated heterocycles. The molecule has 6 nitrogen and oxygen atoms in total. The number of carbonyl (C=O) groups excluding carboxylic acids is 2. The molecule has 2 amide bonds. The molecule has 0 spiro atoms. The van der Waals surface area contributed by atoms with Crippen molar-refractivity contribution in [3.63, 3.8) is 0 Å². The third-order valence-electron chi connectivity index (χ3n) is 3.51. The lowest BCUT2D eigenvalue weighted by atomic mass is 10.2. The summed E-state index contributed by atoms with van der Waals surface area (Å²) in [6.45, 7) is 3.42. The van der Waals surface area contributed by atoms with Gasteiger partial charge in [-0.05, 0) is 31.2 Å². The minimum Gasteiger partial charge on any atom is -0.484 e. The first-order valence-corrected chi connectivity index (χ1v) is 7.18. The van der Waals surface area contributed by atoms with Crippen LogP contribution in [0.25, 0.3) is 0 Å².